The van der Waals surface area contributed by atoms with E-state index in [0.29, 0.717) is 6.42 Å². The number of phenolic OH excluding ortho intramolecular Hbond substituents is 1. The lowest BCUT2D eigenvalue weighted by Crippen LogP contribution is -2.59. The van der Waals surface area contributed by atoms with Crippen LogP contribution in [0.4, 0.5) is 0 Å². The summed E-state index contributed by atoms with van der Waals surface area (Å²) in [5.41, 5.74) is 3.34. The van der Waals surface area contributed by atoms with Crippen LogP contribution >= 0.6 is 0 Å². The van der Waals surface area contributed by atoms with E-state index in [-0.39, 0.29) is 54.9 Å². The van der Waals surface area contributed by atoms with Crippen LogP contribution in [0.5, 0.6) is 5.75 Å². The maximum atomic E-state index is 14.2. The number of nitrogens with one attached hydrogen (secondary N) is 3. The van der Waals surface area contributed by atoms with E-state index in [9.17, 15) is 49.2 Å². The molecule has 53 heavy (non-hydrogen) atoms. The fraction of sp³-hybridized carbons (Fsp3) is 0.526. The Morgan fingerprint density at radius 3 is 2.42 bits per heavy atom. The van der Waals surface area contributed by atoms with Gasteiger partial charge < -0.3 is 40.6 Å². The Bertz CT molecular complexity index is 1590. The number of ether oxygens (including phenoxy) is 1. The number of aromatic hydroxyl groups is 1. The van der Waals surface area contributed by atoms with Gasteiger partial charge in [-0.05, 0) is 62.3 Å². The second-order valence-electron chi connectivity index (χ2n) is 14.0. The van der Waals surface area contributed by atoms with E-state index in [1.165, 1.54) is 62.2 Å². The first-order valence-electron chi connectivity index (χ1n) is 17.8. The van der Waals surface area contributed by atoms with Crippen LogP contribution in [-0.4, -0.2) is 97.8 Å². The molecule has 15 nitrogen and oxygen atoms in total. The molecule has 0 spiro atoms. The predicted molar refractivity (Wildman–Crippen MR) is 192 cm³/mol. The molecule has 1 aromatic rings. The summed E-state index contributed by atoms with van der Waals surface area (Å²) in [6, 6.07) is 2.08. The number of benzene rings is 1. The summed E-state index contributed by atoms with van der Waals surface area (Å²) >= 11 is 0. The highest BCUT2D eigenvalue weighted by molar-refractivity contribution is 5.93. The number of carboxylic acid groups (broad SMARTS) is 1. The zero-order valence-electron chi connectivity index (χ0n) is 30.7. The van der Waals surface area contributed by atoms with Crippen LogP contribution in [0.1, 0.15) is 78.3 Å². The van der Waals surface area contributed by atoms with E-state index in [1.54, 1.807) is 26.0 Å². The quantitative estimate of drug-likeness (QED) is 0.157. The number of ketones is 1. The van der Waals surface area contributed by atoms with E-state index in [2.05, 4.69) is 16.1 Å². The smallest absolute Gasteiger partial charge is 0.328 e. The molecular weight excluding hydrogens is 688 g/mol. The second kappa shape index (κ2) is 19.8. The zero-order chi connectivity index (χ0) is 39.4. The van der Waals surface area contributed by atoms with Crippen molar-refractivity contribution in [2.45, 2.75) is 103 Å². The molecule has 15 heteroatoms. The van der Waals surface area contributed by atoms with Gasteiger partial charge in [0, 0.05) is 31.4 Å². The van der Waals surface area contributed by atoms with Crippen molar-refractivity contribution < 1.29 is 53.9 Å². The van der Waals surface area contributed by atoms with Crippen LogP contribution in [0.25, 0.3) is 0 Å². The molecule has 2 aliphatic rings. The number of aliphatic hydroxyl groups is 2. The SMILES string of the molecule is CC(=O)CC[C@H]1C(=O)N[C@@H](C(C)C)C(=O)NC(c2cccc(O)c2)C(=O)N2CCCC(N2)C(=O)O[C@H](/C(C)=C/C(=O)O)C/C=C/C=C/[C@H](O)[C@H](C)[C@H]1O. The monoisotopic (exact) mass is 740 g/mol. The van der Waals surface area contributed by atoms with Gasteiger partial charge in [-0.15, -0.1) is 0 Å². The number of carbonyl (C=O) groups excluding carboxylic acids is 5. The number of carbonyl (C=O) groups is 6. The number of amides is 3. The summed E-state index contributed by atoms with van der Waals surface area (Å²) in [6.45, 7) is 7.88. The maximum Gasteiger partial charge on any atom is 0.328 e. The number of allylic oxidation sites excluding steroid dienone is 2. The van der Waals surface area contributed by atoms with E-state index in [4.69, 9.17) is 4.74 Å². The van der Waals surface area contributed by atoms with Crippen LogP contribution in [0.15, 0.2) is 60.2 Å². The van der Waals surface area contributed by atoms with Gasteiger partial charge in [0.1, 0.15) is 35.8 Å². The number of Topliss-reactive ketones (excluding diaryl/α,β-unsaturated/α-hetero) is 1. The summed E-state index contributed by atoms with van der Waals surface area (Å²) in [5.74, 6) is -7.17. The van der Waals surface area contributed by atoms with Gasteiger partial charge in [-0.1, -0.05) is 57.2 Å². The lowest BCUT2D eigenvalue weighted by molar-refractivity contribution is -0.156. The Kier molecular flexibility index (Phi) is 15.9. The molecule has 8 atom stereocenters. The highest BCUT2D eigenvalue weighted by Crippen LogP contribution is 2.26. The first-order chi connectivity index (χ1) is 25.0. The van der Waals surface area contributed by atoms with Gasteiger partial charge in [-0.3, -0.25) is 24.2 Å². The van der Waals surface area contributed by atoms with E-state index in [0.717, 1.165) is 6.08 Å². The minimum Gasteiger partial charge on any atom is -0.508 e. The minimum absolute atomic E-state index is 0.0472. The molecule has 1 fully saturated rings. The Morgan fingerprint density at radius 2 is 1.77 bits per heavy atom. The molecule has 3 rings (SSSR count). The van der Waals surface area contributed by atoms with Crippen LogP contribution < -0.4 is 16.1 Å². The van der Waals surface area contributed by atoms with Gasteiger partial charge in [-0.25, -0.2) is 10.2 Å². The fourth-order valence-corrected chi connectivity index (χ4v) is 6.15. The van der Waals surface area contributed by atoms with Gasteiger partial charge >= 0.3 is 11.9 Å². The molecule has 0 aliphatic carbocycles. The number of carboxylic acids is 1. The number of phenols is 1. The van der Waals surface area contributed by atoms with Crippen LogP contribution in [-0.2, 0) is 33.5 Å². The minimum atomic E-state index is -1.45. The van der Waals surface area contributed by atoms with Gasteiger partial charge in [0.2, 0.25) is 11.8 Å². The summed E-state index contributed by atoms with van der Waals surface area (Å²) in [7, 11) is 0. The average molecular weight is 741 g/mol. The van der Waals surface area contributed by atoms with Crippen molar-refractivity contribution in [1.29, 1.82) is 0 Å². The predicted octanol–water partition coefficient (Wildman–Crippen LogP) is 1.99. The van der Waals surface area contributed by atoms with E-state index in [1.807, 2.05) is 0 Å². The van der Waals surface area contributed by atoms with Crippen molar-refractivity contribution in [2.24, 2.45) is 17.8 Å². The van der Waals surface area contributed by atoms with Crippen LogP contribution in [0.2, 0.25) is 0 Å². The molecule has 2 heterocycles. The summed E-state index contributed by atoms with van der Waals surface area (Å²) in [5, 5.41) is 48.5. The number of hydrogen-bond acceptors (Lipinski definition) is 11. The molecular formula is C38H52N4O11. The van der Waals surface area contributed by atoms with Crippen molar-refractivity contribution in [2.75, 3.05) is 6.54 Å². The molecule has 2 aliphatic heterocycles. The van der Waals surface area contributed by atoms with E-state index >= 15 is 0 Å². The van der Waals surface area contributed by atoms with Crippen molar-refractivity contribution in [1.82, 2.24) is 21.1 Å². The molecule has 0 radical (unpaired) electrons. The maximum absolute atomic E-state index is 14.2. The first kappa shape index (κ1) is 42.6. The second-order valence-corrected chi connectivity index (χ2v) is 14.0. The highest BCUT2D eigenvalue weighted by atomic mass is 16.5. The lowest BCUT2D eigenvalue weighted by Gasteiger charge is -2.36. The Balaban J connectivity index is 2.10. The molecule has 2 bridgehead atoms. The van der Waals surface area contributed by atoms with Crippen LogP contribution in [0, 0.1) is 17.8 Å². The molecule has 1 aromatic carbocycles. The molecule has 0 aromatic heterocycles. The number of cyclic esters (lactones) is 1. The molecule has 3 amide bonds. The normalized spacial score (nSPS) is 29.9. The standard InChI is InChI=1S/C38H52N4O11/c1-21(2)32-36(50)40-33(25-11-9-12-26(44)20-25)37(51)42-18-10-13-28(41-42)38(52)53-30(22(3)19-31(46)47)15-8-6-7-14-29(45)24(5)34(48)27(35(49)39-32)17-16-23(4)43/h6-9,11-12,14,19-21,24,27-30,32-34,41,44-45,48H,10,13,15-18H2,1-5H3,(H,39,49)(H,40,50)(H,46,47)/b8-6+,14-7+,22-19+/t24-,27+,28?,29-,30-,32-,33?,34+/m0/s1. The number of aliphatic hydroxyl groups excluding tert-OH is 2. The van der Waals surface area contributed by atoms with Crippen molar-refractivity contribution in [3.05, 3.63) is 65.8 Å². The number of rotatable bonds is 7. The molecule has 290 valence electrons. The van der Waals surface area contributed by atoms with Gasteiger partial charge in [0.25, 0.3) is 5.91 Å². The third-order valence-electron chi connectivity index (χ3n) is 9.38. The molecule has 0 saturated carbocycles. The van der Waals surface area contributed by atoms with Crippen molar-refractivity contribution in [3.63, 3.8) is 0 Å². The number of hydrazine groups is 1. The van der Waals surface area contributed by atoms with Crippen molar-refractivity contribution >= 4 is 35.4 Å². The number of fused-ring (bicyclic) bond motifs is 2. The number of hydrogen-bond donors (Lipinski definition) is 7. The van der Waals surface area contributed by atoms with Gasteiger partial charge in [0.05, 0.1) is 18.1 Å². The summed E-state index contributed by atoms with van der Waals surface area (Å²) in [6.07, 6.45) is 3.88. The van der Waals surface area contributed by atoms with Crippen molar-refractivity contribution in [3.8, 4) is 5.75 Å². The summed E-state index contributed by atoms with van der Waals surface area (Å²) in [4.78, 5) is 78.8. The molecule has 1 saturated heterocycles. The Hall–Kier alpha value is -4.86. The number of aliphatic carboxylic acids is 1. The highest BCUT2D eigenvalue weighted by Gasteiger charge is 2.39. The van der Waals surface area contributed by atoms with Gasteiger partial charge in [0.15, 0.2) is 0 Å². The molecule has 7 N–H and O–H groups in total. The molecule has 2 unspecified atom stereocenters. The number of nitrogens with zero attached hydrogens (tertiary/aromatic N) is 1. The fourth-order valence-electron chi connectivity index (χ4n) is 6.15. The van der Waals surface area contributed by atoms with E-state index < -0.39 is 83.9 Å². The summed E-state index contributed by atoms with van der Waals surface area (Å²) < 4.78 is 5.75. The average Bonchev–Trinajstić information content (AvgIpc) is 3.10. The first-order valence-corrected chi connectivity index (χ1v) is 17.8. The number of esters is 1. The Labute approximate surface area is 309 Å². The topological polar surface area (TPSA) is 232 Å². The zero-order valence-corrected chi connectivity index (χ0v) is 30.7. The largest absolute Gasteiger partial charge is 0.508 e. The van der Waals surface area contributed by atoms with Crippen LogP contribution in [0.3, 0.4) is 0 Å². The third-order valence-corrected chi connectivity index (χ3v) is 9.38. The third kappa shape index (κ3) is 12.4. The lowest BCUT2D eigenvalue weighted by atomic mass is 9.84. The van der Waals surface area contributed by atoms with Gasteiger partial charge in [-0.2, -0.15) is 0 Å². The Morgan fingerprint density at radius 1 is 1.06 bits per heavy atom.